The van der Waals surface area contributed by atoms with Gasteiger partial charge in [0.25, 0.3) is 10.2 Å². The Bertz CT molecular complexity index is 489. The Morgan fingerprint density at radius 1 is 1.29 bits per heavy atom. The molecule has 0 bridgehead atoms. The van der Waals surface area contributed by atoms with Gasteiger partial charge in [0.1, 0.15) is 0 Å². The van der Waals surface area contributed by atoms with E-state index in [-0.39, 0.29) is 0 Å². The van der Waals surface area contributed by atoms with Crippen LogP contribution in [0.4, 0.5) is 0 Å². The van der Waals surface area contributed by atoms with Gasteiger partial charge in [0.2, 0.25) is 0 Å². The molecule has 0 saturated carbocycles. The van der Waals surface area contributed by atoms with Gasteiger partial charge in [-0.15, -0.1) is 0 Å². The highest BCUT2D eigenvalue weighted by Crippen LogP contribution is 2.21. The third kappa shape index (κ3) is 4.44. The third-order valence-electron chi connectivity index (χ3n) is 2.17. The Kier molecular flexibility index (Phi) is 5.22. The molecule has 0 saturated heterocycles. The molecule has 1 rings (SSSR count). The highest BCUT2D eigenvalue weighted by Gasteiger charge is 2.12. The summed E-state index contributed by atoms with van der Waals surface area (Å²) in [5, 5.41) is 1.11. The summed E-state index contributed by atoms with van der Waals surface area (Å²) in [6.45, 7) is 0.294. The Morgan fingerprint density at radius 3 is 2.47 bits per heavy atom. The fourth-order valence-corrected chi connectivity index (χ4v) is 2.29. The lowest BCUT2D eigenvalue weighted by Gasteiger charge is -2.12. The van der Waals surface area contributed by atoms with E-state index in [9.17, 15) is 8.42 Å². The second-order valence-corrected chi connectivity index (χ2v) is 6.48. The van der Waals surface area contributed by atoms with E-state index >= 15 is 0 Å². The molecule has 0 radical (unpaired) electrons. The fourth-order valence-electron chi connectivity index (χ4n) is 1.17. The summed E-state index contributed by atoms with van der Waals surface area (Å²) in [4.78, 5) is 0. The molecule has 1 aromatic carbocycles. The van der Waals surface area contributed by atoms with Crippen LogP contribution in [0.15, 0.2) is 18.2 Å². The maximum atomic E-state index is 11.4. The zero-order chi connectivity index (χ0) is 13.1. The largest absolute Gasteiger partial charge is 0.278 e. The lowest BCUT2D eigenvalue weighted by Crippen LogP contribution is -2.36. The van der Waals surface area contributed by atoms with Crippen LogP contribution in [0.1, 0.15) is 5.56 Å². The van der Waals surface area contributed by atoms with E-state index < -0.39 is 10.2 Å². The van der Waals surface area contributed by atoms with Crippen molar-refractivity contribution in [3.8, 4) is 0 Å². The smallest absolute Gasteiger partial charge is 0.202 e. The monoisotopic (exact) mass is 296 g/mol. The van der Waals surface area contributed by atoms with Crippen molar-refractivity contribution in [2.75, 3.05) is 20.6 Å². The van der Waals surface area contributed by atoms with Crippen LogP contribution in [-0.2, 0) is 16.6 Å². The number of nitrogens with one attached hydrogen (secondary N) is 1. The van der Waals surface area contributed by atoms with Crippen LogP contribution in [-0.4, -0.2) is 33.4 Å². The molecule has 1 aromatic rings. The molecule has 0 heterocycles. The van der Waals surface area contributed by atoms with Crippen LogP contribution < -0.4 is 4.72 Å². The number of halogens is 2. The molecule has 1 N–H and O–H groups in total. The number of hydrogen-bond acceptors (Lipinski definition) is 2. The molecule has 4 nitrogen and oxygen atoms in total. The molecular formula is C10H14Cl2N2O2S. The Labute approximate surface area is 112 Å². The average molecular weight is 297 g/mol. The van der Waals surface area contributed by atoms with E-state index in [1.807, 2.05) is 0 Å². The molecule has 0 aromatic heterocycles. The van der Waals surface area contributed by atoms with Crippen molar-refractivity contribution in [3.05, 3.63) is 33.8 Å². The minimum absolute atomic E-state index is 0.294. The minimum atomic E-state index is -3.38. The molecule has 0 aliphatic heterocycles. The normalized spacial score (nSPS) is 12.1. The van der Waals surface area contributed by atoms with E-state index in [2.05, 4.69) is 4.72 Å². The fraction of sp³-hybridized carbons (Fsp3) is 0.400. The predicted molar refractivity (Wildman–Crippen MR) is 70.8 cm³/mol. The van der Waals surface area contributed by atoms with Gasteiger partial charge in [-0.05, 0) is 24.1 Å². The predicted octanol–water partition coefficient (Wildman–Crippen LogP) is 1.93. The average Bonchev–Trinajstić information content (AvgIpc) is 2.21. The van der Waals surface area contributed by atoms with Crippen LogP contribution >= 0.6 is 23.2 Å². The van der Waals surface area contributed by atoms with Crippen molar-refractivity contribution in [3.63, 3.8) is 0 Å². The summed E-state index contributed by atoms with van der Waals surface area (Å²) >= 11 is 11.7. The SMILES string of the molecule is CN(C)S(=O)(=O)NCCc1ccc(Cl)cc1Cl. The van der Waals surface area contributed by atoms with Gasteiger partial charge in [-0.3, -0.25) is 0 Å². The number of hydrogen-bond donors (Lipinski definition) is 1. The molecule has 0 unspecified atom stereocenters. The summed E-state index contributed by atoms with van der Waals surface area (Å²) in [6, 6.07) is 5.15. The van der Waals surface area contributed by atoms with Crippen molar-refractivity contribution in [2.45, 2.75) is 6.42 Å². The Balaban J connectivity index is 2.58. The molecule has 0 aliphatic carbocycles. The topological polar surface area (TPSA) is 49.4 Å². The van der Waals surface area contributed by atoms with Gasteiger partial charge in [-0.1, -0.05) is 29.3 Å². The molecule has 0 aliphatic rings. The van der Waals surface area contributed by atoms with Crippen molar-refractivity contribution in [1.29, 1.82) is 0 Å². The number of benzene rings is 1. The second kappa shape index (κ2) is 6.02. The highest BCUT2D eigenvalue weighted by atomic mass is 35.5. The molecule has 0 amide bonds. The molecule has 0 spiro atoms. The Morgan fingerprint density at radius 2 is 1.94 bits per heavy atom. The van der Waals surface area contributed by atoms with E-state index in [0.29, 0.717) is 23.0 Å². The summed E-state index contributed by atoms with van der Waals surface area (Å²) < 4.78 is 26.4. The molecular weight excluding hydrogens is 283 g/mol. The standard InChI is InChI=1S/C10H14Cl2N2O2S/c1-14(2)17(15,16)13-6-5-8-3-4-9(11)7-10(8)12/h3-4,7,13H,5-6H2,1-2H3. The van der Waals surface area contributed by atoms with Crippen molar-refractivity contribution < 1.29 is 8.42 Å². The molecule has 96 valence electrons. The van der Waals surface area contributed by atoms with Crippen molar-refractivity contribution in [2.24, 2.45) is 0 Å². The summed E-state index contributed by atoms with van der Waals surface area (Å²) in [6.07, 6.45) is 0.517. The molecule has 7 heteroatoms. The summed E-state index contributed by atoms with van der Waals surface area (Å²) in [5.74, 6) is 0. The quantitative estimate of drug-likeness (QED) is 0.903. The zero-order valence-corrected chi connectivity index (χ0v) is 11.9. The van der Waals surface area contributed by atoms with Gasteiger partial charge in [-0.2, -0.15) is 12.7 Å². The van der Waals surface area contributed by atoms with Gasteiger partial charge >= 0.3 is 0 Å². The highest BCUT2D eigenvalue weighted by molar-refractivity contribution is 7.87. The lowest BCUT2D eigenvalue weighted by atomic mass is 10.1. The van der Waals surface area contributed by atoms with E-state index in [1.165, 1.54) is 14.1 Å². The number of nitrogens with zero attached hydrogens (tertiary/aromatic N) is 1. The second-order valence-electron chi connectivity index (χ2n) is 3.67. The lowest BCUT2D eigenvalue weighted by molar-refractivity contribution is 0.506. The Hall–Kier alpha value is -0.330. The van der Waals surface area contributed by atoms with Crippen LogP contribution in [0.2, 0.25) is 10.0 Å². The van der Waals surface area contributed by atoms with Crippen LogP contribution in [0.3, 0.4) is 0 Å². The van der Waals surface area contributed by atoms with Gasteiger partial charge in [-0.25, -0.2) is 4.72 Å². The maximum Gasteiger partial charge on any atom is 0.278 e. The van der Waals surface area contributed by atoms with Gasteiger partial charge in [0, 0.05) is 30.7 Å². The first-order valence-corrected chi connectivity index (χ1v) is 7.13. The first-order valence-electron chi connectivity index (χ1n) is 4.94. The van der Waals surface area contributed by atoms with Crippen LogP contribution in [0, 0.1) is 0 Å². The first-order chi connectivity index (χ1) is 7.83. The van der Waals surface area contributed by atoms with E-state index in [0.717, 1.165) is 9.87 Å². The van der Waals surface area contributed by atoms with Gasteiger partial charge in [0.15, 0.2) is 0 Å². The molecule has 0 atom stereocenters. The van der Waals surface area contributed by atoms with Crippen molar-refractivity contribution in [1.82, 2.24) is 9.03 Å². The molecule has 0 fully saturated rings. The first kappa shape index (κ1) is 14.7. The van der Waals surface area contributed by atoms with E-state index in [4.69, 9.17) is 23.2 Å². The van der Waals surface area contributed by atoms with Gasteiger partial charge < -0.3 is 0 Å². The van der Waals surface area contributed by atoms with Gasteiger partial charge in [0.05, 0.1) is 0 Å². The zero-order valence-electron chi connectivity index (χ0n) is 9.57. The summed E-state index contributed by atoms with van der Waals surface area (Å²) in [7, 11) is -0.435. The summed E-state index contributed by atoms with van der Waals surface area (Å²) in [5.41, 5.74) is 0.859. The van der Waals surface area contributed by atoms with Crippen molar-refractivity contribution >= 4 is 33.4 Å². The number of rotatable bonds is 5. The van der Waals surface area contributed by atoms with Crippen LogP contribution in [0.5, 0.6) is 0 Å². The molecule has 17 heavy (non-hydrogen) atoms. The van der Waals surface area contributed by atoms with E-state index in [1.54, 1.807) is 18.2 Å². The maximum absolute atomic E-state index is 11.4. The minimum Gasteiger partial charge on any atom is -0.202 e. The van der Waals surface area contributed by atoms with Crippen LogP contribution in [0.25, 0.3) is 0 Å². The third-order valence-corrected chi connectivity index (χ3v) is 4.29.